The Kier molecular flexibility index (Phi) is 5.60. The maximum atomic E-state index is 12.3. The van der Waals surface area contributed by atoms with Gasteiger partial charge in [-0.05, 0) is 37.3 Å². The van der Waals surface area contributed by atoms with Gasteiger partial charge in [-0.15, -0.1) is 0 Å². The molecule has 1 aliphatic heterocycles. The number of hydrogen-bond donors (Lipinski definition) is 2. The van der Waals surface area contributed by atoms with Crippen LogP contribution in [0.3, 0.4) is 0 Å². The molecule has 2 heterocycles. The lowest BCUT2D eigenvalue weighted by Gasteiger charge is -2.14. The molecule has 0 spiro atoms. The average molecular weight is 340 g/mol. The van der Waals surface area contributed by atoms with Crippen molar-refractivity contribution in [1.29, 1.82) is 0 Å². The minimum Gasteiger partial charge on any atom is -0.376 e. The van der Waals surface area contributed by atoms with Crippen molar-refractivity contribution in [3.05, 3.63) is 47.4 Å². The number of aromatic nitrogens is 2. The Labute approximate surface area is 148 Å². The summed E-state index contributed by atoms with van der Waals surface area (Å²) < 4.78 is 5.52. The van der Waals surface area contributed by atoms with Crippen LogP contribution in [0.15, 0.2) is 30.6 Å². The van der Waals surface area contributed by atoms with Crippen molar-refractivity contribution in [2.24, 2.45) is 0 Å². The van der Waals surface area contributed by atoms with Gasteiger partial charge in [0.25, 0.3) is 5.91 Å². The van der Waals surface area contributed by atoms with E-state index >= 15 is 0 Å². The highest BCUT2D eigenvalue weighted by atomic mass is 16.5. The van der Waals surface area contributed by atoms with Crippen molar-refractivity contribution in [2.45, 2.75) is 39.2 Å². The first-order valence-electron chi connectivity index (χ1n) is 8.74. The largest absolute Gasteiger partial charge is 0.376 e. The highest BCUT2D eigenvalue weighted by molar-refractivity contribution is 5.93. The molecule has 1 amide bonds. The predicted octanol–water partition coefficient (Wildman–Crippen LogP) is 3.00. The van der Waals surface area contributed by atoms with Gasteiger partial charge >= 0.3 is 0 Å². The summed E-state index contributed by atoms with van der Waals surface area (Å²) in [4.78, 5) is 20.6. The Morgan fingerprint density at radius 1 is 1.36 bits per heavy atom. The Bertz CT molecular complexity index is 742. The zero-order valence-corrected chi connectivity index (χ0v) is 14.7. The fraction of sp³-hybridized carbons (Fsp3) is 0.421. The van der Waals surface area contributed by atoms with Crippen molar-refractivity contribution in [2.75, 3.05) is 18.5 Å². The molecule has 1 aromatic carbocycles. The number of nitrogens with one attached hydrogen (secondary N) is 2. The quantitative estimate of drug-likeness (QED) is 0.845. The lowest BCUT2D eigenvalue weighted by Crippen LogP contribution is -2.32. The summed E-state index contributed by atoms with van der Waals surface area (Å²) >= 11 is 0. The molecule has 25 heavy (non-hydrogen) atoms. The van der Waals surface area contributed by atoms with Gasteiger partial charge in [0, 0.05) is 24.9 Å². The van der Waals surface area contributed by atoms with E-state index in [1.807, 2.05) is 6.07 Å². The van der Waals surface area contributed by atoms with Crippen LogP contribution in [-0.4, -0.2) is 35.1 Å². The number of benzene rings is 1. The second-order valence-corrected chi connectivity index (χ2v) is 6.22. The Hall–Kier alpha value is -2.47. The van der Waals surface area contributed by atoms with Gasteiger partial charge in [0.1, 0.15) is 17.8 Å². The minimum atomic E-state index is -0.207. The van der Waals surface area contributed by atoms with Crippen molar-refractivity contribution in [1.82, 2.24) is 15.3 Å². The lowest BCUT2D eigenvalue weighted by molar-refractivity contribution is 0.0853. The molecule has 0 aliphatic carbocycles. The molecule has 1 atom stereocenters. The molecule has 2 N–H and O–H groups in total. The number of hydrogen-bond acceptors (Lipinski definition) is 5. The molecule has 2 aromatic rings. The zero-order valence-electron chi connectivity index (χ0n) is 14.7. The van der Waals surface area contributed by atoms with Gasteiger partial charge in [-0.1, -0.05) is 25.1 Å². The summed E-state index contributed by atoms with van der Waals surface area (Å²) in [5.41, 5.74) is 3.74. The van der Waals surface area contributed by atoms with E-state index in [9.17, 15) is 4.79 Å². The Balaban J connectivity index is 1.70. The predicted molar refractivity (Wildman–Crippen MR) is 97.2 cm³/mol. The summed E-state index contributed by atoms with van der Waals surface area (Å²) in [7, 11) is 0. The summed E-state index contributed by atoms with van der Waals surface area (Å²) in [6, 6.07) is 7.86. The summed E-state index contributed by atoms with van der Waals surface area (Å²) in [6.07, 6.45) is 4.49. The third-order valence-electron chi connectivity index (χ3n) is 4.41. The molecular formula is C19H24N4O2. The van der Waals surface area contributed by atoms with Crippen LogP contribution in [0.5, 0.6) is 0 Å². The second-order valence-electron chi connectivity index (χ2n) is 6.22. The molecule has 1 saturated heterocycles. The molecule has 1 unspecified atom stereocenters. The van der Waals surface area contributed by atoms with E-state index in [0.29, 0.717) is 18.1 Å². The molecule has 3 rings (SSSR count). The molecule has 0 bridgehead atoms. The van der Waals surface area contributed by atoms with Crippen molar-refractivity contribution >= 4 is 17.4 Å². The molecule has 1 aliphatic rings. The van der Waals surface area contributed by atoms with E-state index in [4.69, 9.17) is 4.74 Å². The van der Waals surface area contributed by atoms with E-state index in [2.05, 4.69) is 46.6 Å². The fourth-order valence-corrected chi connectivity index (χ4v) is 2.98. The van der Waals surface area contributed by atoms with Gasteiger partial charge in [0.05, 0.1) is 6.10 Å². The number of para-hydroxylation sites is 1. The van der Waals surface area contributed by atoms with E-state index in [-0.39, 0.29) is 12.0 Å². The van der Waals surface area contributed by atoms with Crippen LogP contribution in [0.1, 0.15) is 41.4 Å². The fourth-order valence-electron chi connectivity index (χ4n) is 2.98. The molecule has 1 aromatic heterocycles. The monoisotopic (exact) mass is 340 g/mol. The maximum absolute atomic E-state index is 12.3. The number of amides is 1. The van der Waals surface area contributed by atoms with Gasteiger partial charge in [-0.25, -0.2) is 9.97 Å². The third kappa shape index (κ3) is 4.33. The number of aryl methyl sites for hydroxylation is 2. The zero-order chi connectivity index (χ0) is 17.6. The van der Waals surface area contributed by atoms with Crippen LogP contribution in [-0.2, 0) is 11.2 Å². The maximum Gasteiger partial charge on any atom is 0.270 e. The SMILES string of the molecule is CCc1cccc(C)c1Nc1cc(C(=O)NCC2CCCO2)ncn1. The molecule has 1 fully saturated rings. The number of ether oxygens (including phenoxy) is 1. The van der Waals surface area contributed by atoms with Crippen LogP contribution in [0.25, 0.3) is 0 Å². The van der Waals surface area contributed by atoms with E-state index in [1.165, 1.54) is 11.9 Å². The normalized spacial score (nSPS) is 16.6. The molecule has 0 radical (unpaired) electrons. The topological polar surface area (TPSA) is 76.1 Å². The van der Waals surface area contributed by atoms with Gasteiger partial charge < -0.3 is 15.4 Å². The van der Waals surface area contributed by atoms with Gasteiger partial charge in [0.15, 0.2) is 0 Å². The molecule has 132 valence electrons. The highest BCUT2D eigenvalue weighted by Crippen LogP contribution is 2.24. The molecule has 6 nitrogen and oxygen atoms in total. The number of anilines is 2. The summed E-state index contributed by atoms with van der Waals surface area (Å²) in [5.74, 6) is 0.405. The van der Waals surface area contributed by atoms with Gasteiger partial charge in [-0.3, -0.25) is 4.79 Å². The minimum absolute atomic E-state index is 0.113. The lowest BCUT2D eigenvalue weighted by atomic mass is 10.1. The van der Waals surface area contributed by atoms with Crippen LogP contribution in [0.2, 0.25) is 0 Å². The first-order valence-corrected chi connectivity index (χ1v) is 8.74. The third-order valence-corrected chi connectivity index (χ3v) is 4.41. The van der Waals surface area contributed by atoms with Crippen LogP contribution in [0, 0.1) is 6.92 Å². The van der Waals surface area contributed by atoms with Gasteiger partial charge in [0.2, 0.25) is 0 Å². The number of rotatable bonds is 6. The summed E-state index contributed by atoms with van der Waals surface area (Å²) in [5, 5.41) is 6.21. The first-order chi connectivity index (χ1) is 12.2. The van der Waals surface area contributed by atoms with E-state index in [0.717, 1.165) is 37.1 Å². The van der Waals surface area contributed by atoms with Crippen LogP contribution >= 0.6 is 0 Å². The molecule has 6 heteroatoms. The summed E-state index contributed by atoms with van der Waals surface area (Å²) in [6.45, 7) is 5.46. The average Bonchev–Trinajstić information content (AvgIpc) is 3.15. The Morgan fingerprint density at radius 2 is 2.24 bits per heavy atom. The number of carbonyl (C=O) groups is 1. The van der Waals surface area contributed by atoms with Crippen molar-refractivity contribution < 1.29 is 9.53 Å². The van der Waals surface area contributed by atoms with Gasteiger partial charge in [-0.2, -0.15) is 0 Å². The standard InChI is InChI=1S/C19H24N4O2/c1-3-14-7-4-6-13(2)18(14)23-17-10-16(21-12-22-17)19(24)20-11-15-8-5-9-25-15/h4,6-7,10,12,15H,3,5,8-9,11H2,1-2H3,(H,20,24)(H,21,22,23). The van der Waals surface area contributed by atoms with Crippen molar-refractivity contribution in [3.63, 3.8) is 0 Å². The number of nitrogens with zero attached hydrogens (tertiary/aromatic N) is 2. The number of carbonyl (C=O) groups excluding carboxylic acids is 1. The van der Waals surface area contributed by atoms with E-state index < -0.39 is 0 Å². The highest BCUT2D eigenvalue weighted by Gasteiger charge is 2.17. The molecular weight excluding hydrogens is 316 g/mol. The smallest absolute Gasteiger partial charge is 0.270 e. The van der Waals surface area contributed by atoms with Crippen molar-refractivity contribution in [3.8, 4) is 0 Å². The Morgan fingerprint density at radius 3 is 3.00 bits per heavy atom. The first kappa shape index (κ1) is 17.4. The van der Waals surface area contributed by atoms with Crippen LogP contribution < -0.4 is 10.6 Å². The molecule has 0 saturated carbocycles. The van der Waals surface area contributed by atoms with E-state index in [1.54, 1.807) is 6.07 Å². The van der Waals surface area contributed by atoms with Crippen LogP contribution in [0.4, 0.5) is 11.5 Å². The second kappa shape index (κ2) is 8.07.